The van der Waals surface area contributed by atoms with Crippen molar-refractivity contribution in [3.05, 3.63) is 28.7 Å². The smallest absolute Gasteiger partial charge is 0.233 e. The Morgan fingerprint density at radius 2 is 2.10 bits per heavy atom. The van der Waals surface area contributed by atoms with E-state index in [0.717, 1.165) is 36.0 Å². The van der Waals surface area contributed by atoms with Crippen molar-refractivity contribution in [2.45, 2.75) is 18.0 Å². The third-order valence-electron chi connectivity index (χ3n) is 3.38. The maximum Gasteiger partial charge on any atom is 0.233 e. The largest absolute Gasteiger partial charge is 0.342 e. The van der Waals surface area contributed by atoms with Gasteiger partial charge in [0.25, 0.3) is 0 Å². The maximum absolute atomic E-state index is 12.0. The molecule has 0 aliphatic carbocycles. The molecule has 5 nitrogen and oxygen atoms in total. The Morgan fingerprint density at radius 3 is 2.86 bits per heavy atom. The maximum atomic E-state index is 12.0. The molecule has 1 amide bonds. The van der Waals surface area contributed by atoms with Gasteiger partial charge in [-0.1, -0.05) is 45.9 Å². The Balaban J connectivity index is 1.63. The predicted molar refractivity (Wildman–Crippen MR) is 86.1 cm³/mol. The molecule has 1 aliphatic rings. The SMILES string of the molecule is O=C(CSc1n[nH]c(-c2ccccc2Br)n1)N1CCCC1. The average Bonchev–Trinajstić information content (AvgIpc) is 3.17. The third kappa shape index (κ3) is 3.47. The van der Waals surface area contributed by atoms with Gasteiger partial charge in [0, 0.05) is 23.1 Å². The number of aromatic amines is 1. The number of thioether (sulfide) groups is 1. The van der Waals surface area contributed by atoms with Gasteiger partial charge in [-0.2, -0.15) is 0 Å². The lowest BCUT2D eigenvalue weighted by Gasteiger charge is -2.13. The molecule has 1 fully saturated rings. The second-order valence-electron chi connectivity index (χ2n) is 4.82. The Morgan fingerprint density at radius 1 is 1.33 bits per heavy atom. The quantitative estimate of drug-likeness (QED) is 0.844. The van der Waals surface area contributed by atoms with Gasteiger partial charge in [-0.15, -0.1) is 5.10 Å². The standard InChI is InChI=1S/C14H15BrN4OS/c15-11-6-2-1-5-10(11)13-16-14(18-17-13)21-9-12(20)19-7-3-4-8-19/h1-2,5-6H,3-4,7-9H2,(H,16,17,18). The minimum atomic E-state index is 0.171. The van der Waals surface area contributed by atoms with Crippen LogP contribution in [-0.2, 0) is 4.79 Å². The average molecular weight is 367 g/mol. The van der Waals surface area contributed by atoms with Gasteiger partial charge in [0.1, 0.15) is 0 Å². The summed E-state index contributed by atoms with van der Waals surface area (Å²) in [5.41, 5.74) is 0.961. The van der Waals surface area contributed by atoms with E-state index in [0.29, 0.717) is 16.7 Å². The zero-order chi connectivity index (χ0) is 14.7. The molecule has 0 bridgehead atoms. The van der Waals surface area contributed by atoms with Gasteiger partial charge >= 0.3 is 0 Å². The van der Waals surface area contributed by atoms with Crippen LogP contribution in [0.2, 0.25) is 0 Å². The fourth-order valence-corrected chi connectivity index (χ4v) is 3.44. The molecule has 0 spiro atoms. The van der Waals surface area contributed by atoms with E-state index in [-0.39, 0.29) is 5.91 Å². The van der Waals surface area contributed by atoms with Crippen LogP contribution in [0.5, 0.6) is 0 Å². The second kappa shape index (κ2) is 6.62. The molecule has 110 valence electrons. The van der Waals surface area contributed by atoms with Gasteiger partial charge in [-0.25, -0.2) is 4.98 Å². The molecule has 0 atom stereocenters. The molecule has 1 aliphatic heterocycles. The van der Waals surface area contributed by atoms with Crippen LogP contribution >= 0.6 is 27.7 Å². The van der Waals surface area contributed by atoms with E-state index < -0.39 is 0 Å². The van der Waals surface area contributed by atoms with Crippen molar-refractivity contribution in [1.82, 2.24) is 20.1 Å². The predicted octanol–water partition coefficient (Wildman–Crippen LogP) is 2.95. The van der Waals surface area contributed by atoms with Gasteiger partial charge < -0.3 is 4.90 Å². The number of halogens is 1. The topological polar surface area (TPSA) is 61.9 Å². The zero-order valence-corrected chi connectivity index (χ0v) is 13.8. The molecule has 7 heteroatoms. The van der Waals surface area contributed by atoms with Crippen LogP contribution in [-0.4, -0.2) is 44.8 Å². The van der Waals surface area contributed by atoms with E-state index in [9.17, 15) is 4.79 Å². The van der Waals surface area contributed by atoms with Crippen LogP contribution in [0.1, 0.15) is 12.8 Å². The summed E-state index contributed by atoms with van der Waals surface area (Å²) in [4.78, 5) is 18.3. The first kappa shape index (κ1) is 14.6. The van der Waals surface area contributed by atoms with E-state index in [4.69, 9.17) is 0 Å². The highest BCUT2D eigenvalue weighted by atomic mass is 79.9. The van der Waals surface area contributed by atoms with Crippen molar-refractivity contribution in [2.75, 3.05) is 18.8 Å². The lowest BCUT2D eigenvalue weighted by atomic mass is 10.2. The number of rotatable bonds is 4. The molecule has 0 radical (unpaired) electrons. The van der Waals surface area contributed by atoms with Crippen molar-refractivity contribution in [1.29, 1.82) is 0 Å². The monoisotopic (exact) mass is 366 g/mol. The fourth-order valence-electron chi connectivity index (χ4n) is 2.27. The van der Waals surface area contributed by atoms with Crippen LogP contribution in [0.15, 0.2) is 33.9 Å². The van der Waals surface area contributed by atoms with E-state index >= 15 is 0 Å². The summed E-state index contributed by atoms with van der Waals surface area (Å²) >= 11 is 4.87. The van der Waals surface area contributed by atoms with Crippen molar-refractivity contribution >= 4 is 33.6 Å². The summed E-state index contributed by atoms with van der Waals surface area (Å²) in [6, 6.07) is 7.83. The van der Waals surface area contributed by atoms with Gasteiger partial charge in [-0.05, 0) is 18.9 Å². The van der Waals surface area contributed by atoms with Crippen molar-refractivity contribution in [3.63, 3.8) is 0 Å². The number of hydrogen-bond acceptors (Lipinski definition) is 4. The van der Waals surface area contributed by atoms with Gasteiger partial charge in [0.15, 0.2) is 5.82 Å². The third-order valence-corrected chi connectivity index (χ3v) is 4.90. The van der Waals surface area contributed by atoms with Crippen LogP contribution < -0.4 is 0 Å². The van der Waals surface area contributed by atoms with E-state index in [1.807, 2.05) is 29.2 Å². The van der Waals surface area contributed by atoms with Crippen LogP contribution in [0.25, 0.3) is 11.4 Å². The lowest BCUT2D eigenvalue weighted by molar-refractivity contribution is -0.127. The van der Waals surface area contributed by atoms with Crippen molar-refractivity contribution in [3.8, 4) is 11.4 Å². The number of nitrogens with zero attached hydrogens (tertiary/aromatic N) is 3. The summed E-state index contributed by atoms with van der Waals surface area (Å²) < 4.78 is 0.964. The Hall–Kier alpha value is -1.34. The summed E-state index contributed by atoms with van der Waals surface area (Å²) in [5.74, 6) is 1.27. The summed E-state index contributed by atoms with van der Waals surface area (Å²) in [6.45, 7) is 1.77. The molecule has 21 heavy (non-hydrogen) atoms. The molecule has 0 saturated carbocycles. The Kier molecular flexibility index (Phi) is 4.60. The lowest BCUT2D eigenvalue weighted by Crippen LogP contribution is -2.29. The minimum Gasteiger partial charge on any atom is -0.342 e. The van der Waals surface area contributed by atoms with Crippen molar-refractivity contribution < 1.29 is 4.79 Å². The second-order valence-corrected chi connectivity index (χ2v) is 6.62. The molecule has 0 unspecified atom stereocenters. The molecule has 2 aromatic rings. The molecule has 1 aromatic heterocycles. The van der Waals surface area contributed by atoms with Crippen LogP contribution in [0, 0.1) is 0 Å². The molecule has 3 rings (SSSR count). The summed E-state index contributed by atoms with van der Waals surface area (Å²) in [7, 11) is 0. The number of likely N-dealkylation sites (tertiary alicyclic amines) is 1. The number of nitrogens with one attached hydrogen (secondary N) is 1. The molecule has 1 aromatic carbocycles. The number of aromatic nitrogens is 3. The summed E-state index contributed by atoms with van der Waals surface area (Å²) in [5, 5.41) is 7.69. The Bertz CT molecular complexity index is 639. The highest BCUT2D eigenvalue weighted by Gasteiger charge is 2.18. The number of amides is 1. The first-order valence-corrected chi connectivity index (χ1v) is 8.60. The number of carbonyl (C=O) groups excluding carboxylic acids is 1. The zero-order valence-electron chi connectivity index (χ0n) is 11.4. The van der Waals surface area contributed by atoms with Crippen LogP contribution in [0.3, 0.4) is 0 Å². The van der Waals surface area contributed by atoms with Crippen molar-refractivity contribution in [2.24, 2.45) is 0 Å². The Labute approximate surface area is 135 Å². The number of H-pyrrole nitrogens is 1. The molecular formula is C14H15BrN4OS. The first-order valence-electron chi connectivity index (χ1n) is 6.82. The number of benzene rings is 1. The highest BCUT2D eigenvalue weighted by Crippen LogP contribution is 2.26. The summed E-state index contributed by atoms with van der Waals surface area (Å²) in [6.07, 6.45) is 2.23. The molecular weight excluding hydrogens is 352 g/mol. The molecule has 1 N–H and O–H groups in total. The van der Waals surface area contributed by atoms with Crippen LogP contribution in [0.4, 0.5) is 0 Å². The fraction of sp³-hybridized carbons (Fsp3) is 0.357. The normalized spacial score (nSPS) is 14.6. The first-order chi connectivity index (χ1) is 10.2. The minimum absolute atomic E-state index is 0.171. The molecule has 1 saturated heterocycles. The highest BCUT2D eigenvalue weighted by molar-refractivity contribution is 9.10. The number of carbonyl (C=O) groups is 1. The van der Waals surface area contributed by atoms with Gasteiger partial charge in [-0.3, -0.25) is 9.89 Å². The van der Waals surface area contributed by atoms with E-state index in [1.54, 1.807) is 0 Å². The van der Waals surface area contributed by atoms with E-state index in [2.05, 4.69) is 31.1 Å². The van der Waals surface area contributed by atoms with Gasteiger partial charge in [0.05, 0.1) is 5.75 Å². The number of hydrogen-bond donors (Lipinski definition) is 1. The van der Waals surface area contributed by atoms with Gasteiger partial charge in [0.2, 0.25) is 11.1 Å². The van der Waals surface area contributed by atoms with E-state index in [1.165, 1.54) is 11.8 Å². The molecule has 2 heterocycles.